The van der Waals surface area contributed by atoms with Gasteiger partial charge in [-0.2, -0.15) is 10.4 Å². The molecule has 1 N–H and O–H groups in total. The maximum atomic E-state index is 12.2. The number of benzene rings is 2. The first-order valence-corrected chi connectivity index (χ1v) is 6.64. The van der Waals surface area contributed by atoms with Crippen LogP contribution in [0.25, 0.3) is 0 Å². The maximum Gasteiger partial charge on any atom is 0.223 e. The zero-order valence-corrected chi connectivity index (χ0v) is 12.3. The molecular weight excluding hydrogens is 278 g/mol. The van der Waals surface area contributed by atoms with Gasteiger partial charge in [0, 0.05) is 5.56 Å². The quantitative estimate of drug-likeness (QED) is 0.522. The van der Waals surface area contributed by atoms with Crippen LogP contribution in [-0.4, -0.2) is 18.6 Å². The smallest absolute Gasteiger partial charge is 0.223 e. The summed E-state index contributed by atoms with van der Waals surface area (Å²) in [4.78, 5) is 12.2. The van der Waals surface area contributed by atoms with Crippen LogP contribution in [0.2, 0.25) is 0 Å². The second-order valence-corrected chi connectivity index (χ2v) is 4.58. The molecule has 0 aromatic heterocycles. The van der Waals surface area contributed by atoms with E-state index in [-0.39, 0.29) is 5.71 Å². The normalized spacial score (nSPS) is 10.7. The molecule has 5 heteroatoms. The number of nitrogens with one attached hydrogen (secondary N) is 1. The van der Waals surface area contributed by atoms with Gasteiger partial charge in [-0.1, -0.05) is 42.0 Å². The lowest BCUT2D eigenvalue weighted by Gasteiger charge is -2.07. The Balaban J connectivity index is 2.22. The number of anilines is 1. The molecule has 22 heavy (non-hydrogen) atoms. The van der Waals surface area contributed by atoms with Gasteiger partial charge in [0.05, 0.1) is 12.8 Å². The molecule has 0 atom stereocenters. The summed E-state index contributed by atoms with van der Waals surface area (Å²) in [5.74, 6) is 0.149. The van der Waals surface area contributed by atoms with E-state index in [2.05, 4.69) is 10.5 Å². The van der Waals surface area contributed by atoms with Crippen molar-refractivity contribution in [2.24, 2.45) is 5.10 Å². The number of ketones is 1. The number of Topliss-reactive ketones (excluding diaryl/α,β-unsaturated/α-hetero) is 1. The SMILES string of the molecule is COc1ccccc1N/N=C(\C#N)C(=O)c1ccc(C)cc1. The fourth-order valence-corrected chi connectivity index (χ4v) is 1.82. The van der Waals surface area contributed by atoms with E-state index in [4.69, 9.17) is 10.00 Å². The van der Waals surface area contributed by atoms with Crippen molar-refractivity contribution in [3.8, 4) is 11.8 Å². The van der Waals surface area contributed by atoms with Crippen molar-refractivity contribution in [1.82, 2.24) is 0 Å². The average Bonchev–Trinajstić information content (AvgIpc) is 2.56. The summed E-state index contributed by atoms with van der Waals surface area (Å²) >= 11 is 0. The number of aryl methyl sites for hydroxylation is 1. The summed E-state index contributed by atoms with van der Waals surface area (Å²) < 4.78 is 5.17. The first-order valence-electron chi connectivity index (χ1n) is 6.64. The van der Waals surface area contributed by atoms with Gasteiger partial charge in [-0.3, -0.25) is 10.2 Å². The van der Waals surface area contributed by atoms with Gasteiger partial charge in [0.1, 0.15) is 11.8 Å². The van der Waals surface area contributed by atoms with E-state index < -0.39 is 5.78 Å². The van der Waals surface area contributed by atoms with Crippen molar-refractivity contribution in [2.45, 2.75) is 6.92 Å². The van der Waals surface area contributed by atoms with Gasteiger partial charge in [-0.25, -0.2) is 0 Å². The highest BCUT2D eigenvalue weighted by molar-refractivity contribution is 6.51. The van der Waals surface area contributed by atoms with Crippen LogP contribution in [0.4, 0.5) is 5.69 Å². The van der Waals surface area contributed by atoms with Gasteiger partial charge in [-0.15, -0.1) is 0 Å². The van der Waals surface area contributed by atoms with Crippen LogP contribution in [-0.2, 0) is 0 Å². The molecule has 0 fully saturated rings. The Morgan fingerprint density at radius 1 is 1.18 bits per heavy atom. The van der Waals surface area contributed by atoms with E-state index in [1.165, 1.54) is 7.11 Å². The van der Waals surface area contributed by atoms with Crippen molar-refractivity contribution < 1.29 is 9.53 Å². The fraction of sp³-hybridized carbons (Fsp3) is 0.118. The number of methoxy groups -OCH3 is 1. The van der Waals surface area contributed by atoms with Gasteiger partial charge in [-0.05, 0) is 19.1 Å². The molecule has 0 unspecified atom stereocenters. The molecule has 0 aliphatic heterocycles. The lowest BCUT2D eigenvalue weighted by molar-refractivity contribution is 0.106. The average molecular weight is 293 g/mol. The van der Waals surface area contributed by atoms with Crippen LogP contribution in [0, 0.1) is 18.3 Å². The number of nitriles is 1. The number of ether oxygens (including phenoxy) is 1. The Morgan fingerprint density at radius 2 is 1.86 bits per heavy atom. The summed E-state index contributed by atoms with van der Waals surface area (Å²) in [6.07, 6.45) is 0. The number of hydrazone groups is 1. The molecule has 0 amide bonds. The molecule has 2 rings (SSSR count). The van der Waals surface area contributed by atoms with Crippen LogP contribution in [0.1, 0.15) is 15.9 Å². The molecule has 2 aromatic rings. The monoisotopic (exact) mass is 293 g/mol. The van der Waals surface area contributed by atoms with E-state index in [0.717, 1.165) is 5.56 Å². The molecule has 0 bridgehead atoms. The number of hydrogen-bond acceptors (Lipinski definition) is 5. The van der Waals surface area contributed by atoms with E-state index in [1.54, 1.807) is 30.3 Å². The van der Waals surface area contributed by atoms with Gasteiger partial charge >= 0.3 is 0 Å². The van der Waals surface area contributed by atoms with Crippen LogP contribution >= 0.6 is 0 Å². The molecule has 0 aliphatic carbocycles. The Kier molecular flexibility index (Phi) is 4.89. The van der Waals surface area contributed by atoms with Crippen molar-refractivity contribution in [3.63, 3.8) is 0 Å². The Bertz CT molecular complexity index is 743. The van der Waals surface area contributed by atoms with Gasteiger partial charge in [0.2, 0.25) is 11.5 Å². The van der Waals surface area contributed by atoms with E-state index in [0.29, 0.717) is 17.0 Å². The van der Waals surface area contributed by atoms with Crippen LogP contribution in [0.15, 0.2) is 53.6 Å². The second-order valence-electron chi connectivity index (χ2n) is 4.58. The lowest BCUT2D eigenvalue weighted by atomic mass is 10.1. The number of para-hydroxylation sites is 2. The van der Waals surface area contributed by atoms with Crippen molar-refractivity contribution in [3.05, 3.63) is 59.7 Å². The summed E-state index contributed by atoms with van der Waals surface area (Å²) in [6, 6.07) is 15.9. The van der Waals surface area contributed by atoms with E-state index >= 15 is 0 Å². The Hall–Kier alpha value is -3.13. The second kappa shape index (κ2) is 7.04. The predicted octanol–water partition coefficient (Wildman–Crippen LogP) is 3.18. The maximum absolute atomic E-state index is 12.2. The number of rotatable bonds is 5. The molecule has 0 heterocycles. The molecule has 0 aliphatic rings. The first-order chi connectivity index (χ1) is 10.7. The van der Waals surface area contributed by atoms with E-state index in [1.807, 2.05) is 31.2 Å². The molecule has 0 spiro atoms. The Labute approximate surface area is 128 Å². The van der Waals surface area contributed by atoms with Gasteiger partial charge < -0.3 is 4.74 Å². The molecule has 0 radical (unpaired) electrons. The molecule has 0 saturated carbocycles. The van der Waals surface area contributed by atoms with Crippen LogP contribution in [0.3, 0.4) is 0 Å². The summed E-state index contributed by atoms with van der Waals surface area (Å²) in [7, 11) is 1.53. The lowest BCUT2D eigenvalue weighted by Crippen LogP contribution is -2.14. The third-order valence-corrected chi connectivity index (χ3v) is 3.03. The summed E-state index contributed by atoms with van der Waals surface area (Å²) in [5.41, 5.74) is 4.53. The summed E-state index contributed by atoms with van der Waals surface area (Å²) in [5, 5.41) is 13.0. The fourth-order valence-electron chi connectivity index (χ4n) is 1.82. The van der Waals surface area contributed by atoms with Crippen molar-refractivity contribution in [1.29, 1.82) is 5.26 Å². The highest BCUT2D eigenvalue weighted by atomic mass is 16.5. The zero-order chi connectivity index (χ0) is 15.9. The molecule has 2 aromatic carbocycles. The minimum absolute atomic E-state index is 0.213. The molecular formula is C17H15N3O2. The zero-order valence-electron chi connectivity index (χ0n) is 12.3. The van der Waals surface area contributed by atoms with Crippen molar-refractivity contribution in [2.75, 3.05) is 12.5 Å². The van der Waals surface area contributed by atoms with Crippen LogP contribution in [0.5, 0.6) is 5.75 Å². The van der Waals surface area contributed by atoms with Gasteiger partial charge in [0.25, 0.3) is 0 Å². The summed E-state index contributed by atoms with van der Waals surface area (Å²) in [6.45, 7) is 1.93. The largest absolute Gasteiger partial charge is 0.495 e. The molecule has 5 nitrogen and oxygen atoms in total. The molecule has 110 valence electrons. The number of carbonyl (C=O) groups is 1. The van der Waals surface area contributed by atoms with Crippen LogP contribution < -0.4 is 10.2 Å². The highest BCUT2D eigenvalue weighted by Crippen LogP contribution is 2.22. The topological polar surface area (TPSA) is 74.5 Å². The minimum Gasteiger partial charge on any atom is -0.495 e. The molecule has 0 saturated heterocycles. The number of hydrogen-bond donors (Lipinski definition) is 1. The van der Waals surface area contributed by atoms with E-state index in [9.17, 15) is 4.79 Å². The minimum atomic E-state index is -0.426. The van der Waals surface area contributed by atoms with Crippen molar-refractivity contribution >= 4 is 17.2 Å². The predicted molar refractivity (Wildman–Crippen MR) is 85.2 cm³/mol. The first kappa shape index (κ1) is 15.3. The number of nitrogens with zero attached hydrogens (tertiary/aromatic N) is 2. The third kappa shape index (κ3) is 3.49. The highest BCUT2D eigenvalue weighted by Gasteiger charge is 2.14. The third-order valence-electron chi connectivity index (χ3n) is 3.03. The Morgan fingerprint density at radius 3 is 2.50 bits per heavy atom. The standard InChI is InChI=1S/C17H15N3O2/c1-12-7-9-13(10-8-12)17(21)15(11-18)20-19-14-5-3-4-6-16(14)22-2/h3-10,19H,1-2H3/b20-15+. The van der Waals surface area contributed by atoms with Gasteiger partial charge in [0.15, 0.2) is 0 Å². The number of carbonyl (C=O) groups excluding carboxylic acids is 1.